The topological polar surface area (TPSA) is 49.7 Å². The van der Waals surface area contributed by atoms with Gasteiger partial charge in [-0.1, -0.05) is 0 Å². The fraction of sp³-hybridized carbons (Fsp3) is 0. The second-order valence-electron chi connectivity index (χ2n) is 0.149. The van der Waals surface area contributed by atoms with E-state index in [9.17, 15) is 0 Å². The molecule has 0 atom stereocenters. The molecule has 0 aromatic carbocycles. The van der Waals surface area contributed by atoms with Gasteiger partial charge in [0.15, 0.2) is 12.3 Å². The van der Waals surface area contributed by atoms with Crippen LogP contribution >= 0.6 is 12.3 Å². The van der Waals surface area contributed by atoms with Crippen molar-refractivity contribution in [3.63, 3.8) is 0 Å². The van der Waals surface area contributed by atoms with Crippen LogP contribution in [-0.2, 0) is 4.33 Å². The van der Waals surface area contributed by atoms with Crippen LogP contribution in [0.1, 0.15) is 0 Å². The van der Waals surface area contributed by atoms with Crippen LogP contribution in [0.4, 0.5) is 0 Å². The van der Waals surface area contributed by atoms with E-state index in [0.29, 0.717) is 0 Å². The first kappa shape index (κ1) is 9.52. The Kier molecular flexibility index (Phi) is 17.1. The molecule has 5 heavy (non-hydrogen) atoms. The van der Waals surface area contributed by atoms with Crippen LogP contribution in [0.2, 0.25) is 0 Å². The summed E-state index contributed by atoms with van der Waals surface area (Å²) in [5.41, 5.74) is 0. The maximum atomic E-state index is 7.32. The summed E-state index contributed by atoms with van der Waals surface area (Å²) in [6.07, 6.45) is 0. The fourth-order valence-electron chi connectivity index (χ4n) is 0. The number of rotatable bonds is 1. The summed E-state index contributed by atoms with van der Waals surface area (Å²) in [5.74, 6) is 0. The van der Waals surface area contributed by atoms with Crippen molar-refractivity contribution in [2.24, 2.45) is 0 Å². The van der Waals surface area contributed by atoms with Crippen LogP contribution in [0.25, 0.3) is 0 Å². The normalized spacial score (nSPS) is 6.00. The van der Waals surface area contributed by atoms with Crippen LogP contribution < -0.4 is 0 Å². The monoisotopic (exact) mass is 106 g/mol. The summed E-state index contributed by atoms with van der Waals surface area (Å²) in [6.45, 7) is 0. The Hall–Kier alpha value is 1.23. The summed E-state index contributed by atoms with van der Waals surface area (Å²) < 4.78 is 10.3. The molecule has 0 aromatic heterocycles. The SMILES string of the molecule is OOSO.[NaH]. The molecule has 0 heterocycles. The van der Waals surface area contributed by atoms with E-state index in [1.165, 1.54) is 0 Å². The van der Waals surface area contributed by atoms with E-state index >= 15 is 0 Å². The van der Waals surface area contributed by atoms with E-state index in [1.807, 2.05) is 0 Å². The summed E-state index contributed by atoms with van der Waals surface area (Å²) in [7, 11) is 0. The van der Waals surface area contributed by atoms with Crippen molar-refractivity contribution in [1.29, 1.82) is 0 Å². The average molecular weight is 106 g/mol. The Bertz CT molecular complexity index is 8.85. The molecule has 0 saturated carbocycles. The van der Waals surface area contributed by atoms with Crippen molar-refractivity contribution < 1.29 is 14.1 Å². The van der Waals surface area contributed by atoms with E-state index < -0.39 is 0 Å². The van der Waals surface area contributed by atoms with Crippen LogP contribution in [0.5, 0.6) is 0 Å². The molecule has 0 rings (SSSR count). The Morgan fingerprint density at radius 2 is 1.80 bits per heavy atom. The number of hydrogen-bond donors (Lipinski definition) is 2. The first-order valence-electron chi connectivity index (χ1n) is 0.532. The van der Waals surface area contributed by atoms with Gasteiger partial charge in [0, 0.05) is 0 Å². The zero-order chi connectivity index (χ0) is 3.41. The Labute approximate surface area is 56.0 Å². The molecule has 0 radical (unpaired) electrons. The summed E-state index contributed by atoms with van der Waals surface area (Å²) in [5, 5.41) is 7.09. The second-order valence-corrected chi connectivity index (χ2v) is 0.447. The molecule has 0 bridgehead atoms. The van der Waals surface area contributed by atoms with Gasteiger partial charge in [-0.3, -0.25) is 0 Å². The summed E-state index contributed by atoms with van der Waals surface area (Å²) in [6, 6.07) is 0. The molecule has 2 N–H and O–H groups in total. The number of hydrogen-bond acceptors (Lipinski definition) is 4. The van der Waals surface area contributed by atoms with Gasteiger partial charge in [-0.2, -0.15) is 0 Å². The van der Waals surface area contributed by atoms with Gasteiger partial charge in [-0.25, -0.2) is 5.26 Å². The Morgan fingerprint density at radius 1 is 1.60 bits per heavy atom. The Balaban J connectivity index is 0. The third kappa shape index (κ3) is 11.0. The zero-order valence-electron chi connectivity index (χ0n) is 1.71. The molecular weight excluding hydrogens is 103 g/mol. The molecule has 3 nitrogen and oxygen atoms in total. The first-order chi connectivity index (χ1) is 1.91. The van der Waals surface area contributed by atoms with Crippen LogP contribution in [-0.4, -0.2) is 39.4 Å². The minimum atomic E-state index is -0.0880. The van der Waals surface area contributed by atoms with E-state index in [1.54, 1.807) is 0 Å². The maximum absolute atomic E-state index is 7.32. The van der Waals surface area contributed by atoms with E-state index in [2.05, 4.69) is 4.33 Å². The van der Waals surface area contributed by atoms with Crippen molar-refractivity contribution in [3.8, 4) is 0 Å². The molecule has 0 aliphatic rings. The van der Waals surface area contributed by atoms with Gasteiger partial charge in [0.05, 0.1) is 0 Å². The van der Waals surface area contributed by atoms with Crippen molar-refractivity contribution in [3.05, 3.63) is 0 Å². The summed E-state index contributed by atoms with van der Waals surface area (Å²) >= 11 is -0.0880. The second kappa shape index (κ2) is 8.97. The standard InChI is InChI=1S/Na.H2O3S.H/c;1-3-4-2;/h;1-2H;. The predicted octanol–water partition coefficient (Wildman–Crippen LogP) is -0.0513. The molecule has 0 fully saturated rings. The molecule has 0 spiro atoms. The first-order valence-corrected chi connectivity index (χ1v) is 1.23. The predicted molar refractivity (Wildman–Crippen MR) is 21.1 cm³/mol. The molecule has 0 unspecified atom stereocenters. The third-order valence-electron chi connectivity index (χ3n) is 0.0333. The van der Waals surface area contributed by atoms with Gasteiger partial charge in [0.1, 0.15) is 0 Å². The van der Waals surface area contributed by atoms with E-state index in [0.717, 1.165) is 0 Å². The fourth-order valence-corrected chi connectivity index (χ4v) is 0. The average Bonchev–Trinajstić information content (AvgIpc) is 1.37. The van der Waals surface area contributed by atoms with Crippen molar-refractivity contribution >= 4 is 41.9 Å². The van der Waals surface area contributed by atoms with Crippen LogP contribution in [0.3, 0.4) is 0 Å². The zero-order valence-corrected chi connectivity index (χ0v) is 2.53. The molecule has 0 aliphatic carbocycles. The molecule has 0 saturated heterocycles. The van der Waals surface area contributed by atoms with Crippen LogP contribution in [0.15, 0.2) is 0 Å². The van der Waals surface area contributed by atoms with Gasteiger partial charge in [0.25, 0.3) is 0 Å². The molecule has 0 amide bonds. The molecule has 0 aromatic rings. The van der Waals surface area contributed by atoms with Gasteiger partial charge in [-0.15, -0.1) is 4.33 Å². The third-order valence-corrected chi connectivity index (χ3v) is 0.100. The van der Waals surface area contributed by atoms with Crippen molar-refractivity contribution in [2.45, 2.75) is 0 Å². The minimum absolute atomic E-state index is 0. The molecule has 5 heteroatoms. The van der Waals surface area contributed by atoms with E-state index in [4.69, 9.17) is 9.81 Å². The van der Waals surface area contributed by atoms with E-state index in [-0.39, 0.29) is 41.9 Å². The van der Waals surface area contributed by atoms with Gasteiger partial charge in [-0.05, 0) is 0 Å². The van der Waals surface area contributed by atoms with Gasteiger partial charge in [0.2, 0.25) is 0 Å². The van der Waals surface area contributed by atoms with Gasteiger partial charge >= 0.3 is 29.6 Å². The van der Waals surface area contributed by atoms with Crippen molar-refractivity contribution in [1.82, 2.24) is 0 Å². The van der Waals surface area contributed by atoms with Gasteiger partial charge < -0.3 is 4.55 Å². The van der Waals surface area contributed by atoms with Crippen molar-refractivity contribution in [2.75, 3.05) is 0 Å². The quantitative estimate of drug-likeness (QED) is 0.213. The molecule has 28 valence electrons. The Morgan fingerprint density at radius 3 is 1.80 bits per heavy atom. The van der Waals surface area contributed by atoms with Crippen LogP contribution in [0, 0.1) is 0 Å². The summed E-state index contributed by atoms with van der Waals surface area (Å²) in [4.78, 5) is 0. The molecular formula is H3NaO3S. The molecule has 0 aliphatic heterocycles.